The van der Waals surface area contributed by atoms with Crippen LogP contribution in [0, 0.1) is 0 Å². The molecule has 1 N–H and O–H groups in total. The van der Waals surface area contributed by atoms with Gasteiger partial charge in [-0.2, -0.15) is 0 Å². The van der Waals surface area contributed by atoms with Crippen LogP contribution in [0.2, 0.25) is 0 Å². The summed E-state index contributed by atoms with van der Waals surface area (Å²) in [5, 5.41) is 3.11. The van der Waals surface area contributed by atoms with Gasteiger partial charge in [-0.05, 0) is 42.9 Å². The Hall–Kier alpha value is -2.18. The molecule has 3 rings (SSSR count). The topological polar surface area (TPSA) is 44.8 Å². The summed E-state index contributed by atoms with van der Waals surface area (Å²) in [6.07, 6.45) is 0.481. The molecule has 1 aliphatic heterocycles. The quantitative estimate of drug-likeness (QED) is 0.681. The molecule has 0 spiro atoms. The van der Waals surface area contributed by atoms with Crippen LogP contribution in [0.15, 0.2) is 53.4 Å². The third-order valence-corrected chi connectivity index (χ3v) is 6.01. The second kappa shape index (κ2) is 10.4. The Labute approximate surface area is 172 Å². The molecule has 6 heteroatoms. The summed E-state index contributed by atoms with van der Waals surface area (Å²) >= 11 is 1.68. The number of thioether (sulfide) groups is 1. The SMILES string of the molecule is CCN1CCN(c2ccccc2NC(=O)CCSc2ccc(OC)cc2)CC1. The summed E-state index contributed by atoms with van der Waals surface area (Å²) in [6.45, 7) is 7.42. The Morgan fingerprint density at radius 2 is 1.79 bits per heavy atom. The van der Waals surface area contributed by atoms with Crippen molar-refractivity contribution >= 4 is 29.0 Å². The predicted octanol–water partition coefficient (Wildman–Crippen LogP) is 3.96. The van der Waals surface area contributed by atoms with Gasteiger partial charge >= 0.3 is 0 Å². The molecule has 1 heterocycles. The molecule has 0 radical (unpaired) electrons. The molecule has 2 aromatic carbocycles. The Kier molecular flexibility index (Phi) is 7.62. The fourth-order valence-electron chi connectivity index (χ4n) is 3.31. The number of carbonyl (C=O) groups excluding carboxylic acids is 1. The lowest BCUT2D eigenvalue weighted by molar-refractivity contribution is -0.115. The third-order valence-electron chi connectivity index (χ3n) is 5.00. The standard InChI is InChI=1S/C22H29N3O2S/c1-3-24-13-15-25(16-14-24)21-7-5-4-6-20(21)23-22(26)12-17-28-19-10-8-18(27-2)9-11-19/h4-11H,3,12-17H2,1-2H3,(H,23,26). The van der Waals surface area contributed by atoms with Gasteiger partial charge in [0, 0.05) is 43.2 Å². The van der Waals surface area contributed by atoms with E-state index in [4.69, 9.17) is 4.74 Å². The average Bonchev–Trinajstić information content (AvgIpc) is 2.75. The van der Waals surface area contributed by atoms with Crippen LogP contribution in [-0.2, 0) is 4.79 Å². The van der Waals surface area contributed by atoms with E-state index in [0.717, 1.165) is 60.5 Å². The van der Waals surface area contributed by atoms with Crippen molar-refractivity contribution in [2.45, 2.75) is 18.2 Å². The Morgan fingerprint density at radius 1 is 1.07 bits per heavy atom. The van der Waals surface area contributed by atoms with Gasteiger partial charge in [0.2, 0.25) is 5.91 Å². The average molecular weight is 400 g/mol. The summed E-state index contributed by atoms with van der Waals surface area (Å²) < 4.78 is 5.17. The summed E-state index contributed by atoms with van der Waals surface area (Å²) in [5.74, 6) is 1.65. The fourth-order valence-corrected chi connectivity index (χ4v) is 4.16. The maximum atomic E-state index is 12.5. The first-order valence-corrected chi connectivity index (χ1v) is 10.8. The lowest BCUT2D eigenvalue weighted by atomic mass is 10.2. The largest absolute Gasteiger partial charge is 0.497 e. The van der Waals surface area contributed by atoms with E-state index in [9.17, 15) is 4.79 Å². The predicted molar refractivity (Wildman–Crippen MR) is 118 cm³/mol. The van der Waals surface area contributed by atoms with E-state index in [1.54, 1.807) is 18.9 Å². The molecule has 0 atom stereocenters. The molecular formula is C22H29N3O2S. The molecule has 2 aromatic rings. The zero-order chi connectivity index (χ0) is 19.8. The van der Waals surface area contributed by atoms with E-state index >= 15 is 0 Å². The third kappa shape index (κ3) is 5.66. The van der Waals surface area contributed by atoms with Crippen molar-refractivity contribution in [2.75, 3.05) is 55.8 Å². The zero-order valence-corrected chi connectivity index (χ0v) is 17.5. The maximum absolute atomic E-state index is 12.5. The lowest BCUT2D eigenvalue weighted by Crippen LogP contribution is -2.46. The van der Waals surface area contributed by atoms with Gasteiger partial charge in [-0.15, -0.1) is 11.8 Å². The summed E-state index contributed by atoms with van der Waals surface area (Å²) in [7, 11) is 1.66. The molecule has 0 bridgehead atoms. The van der Waals surface area contributed by atoms with Crippen LogP contribution in [-0.4, -0.2) is 56.4 Å². The summed E-state index contributed by atoms with van der Waals surface area (Å²) in [4.78, 5) is 18.4. The number of rotatable bonds is 8. The van der Waals surface area contributed by atoms with Crippen molar-refractivity contribution in [3.63, 3.8) is 0 Å². The number of hydrogen-bond acceptors (Lipinski definition) is 5. The van der Waals surface area contributed by atoms with Gasteiger partial charge < -0.3 is 19.9 Å². The van der Waals surface area contributed by atoms with E-state index in [2.05, 4.69) is 28.1 Å². The van der Waals surface area contributed by atoms with E-state index in [0.29, 0.717) is 6.42 Å². The number of hydrogen-bond donors (Lipinski definition) is 1. The van der Waals surface area contributed by atoms with E-state index in [1.165, 1.54) is 0 Å². The Morgan fingerprint density at radius 3 is 2.46 bits per heavy atom. The van der Waals surface area contributed by atoms with Crippen LogP contribution < -0.4 is 15.0 Å². The van der Waals surface area contributed by atoms with Gasteiger partial charge in [0.05, 0.1) is 18.5 Å². The van der Waals surface area contributed by atoms with Crippen LogP contribution in [0.25, 0.3) is 0 Å². The van der Waals surface area contributed by atoms with Gasteiger partial charge in [0.1, 0.15) is 5.75 Å². The van der Waals surface area contributed by atoms with Crippen molar-refractivity contribution in [3.05, 3.63) is 48.5 Å². The molecule has 28 heavy (non-hydrogen) atoms. The number of piperazine rings is 1. The molecule has 0 saturated carbocycles. The fraction of sp³-hybridized carbons (Fsp3) is 0.409. The number of methoxy groups -OCH3 is 1. The number of ether oxygens (including phenoxy) is 1. The molecule has 5 nitrogen and oxygen atoms in total. The Balaban J connectivity index is 1.51. The van der Waals surface area contributed by atoms with E-state index in [1.807, 2.05) is 42.5 Å². The minimum atomic E-state index is 0.0562. The van der Waals surface area contributed by atoms with Crippen LogP contribution in [0.3, 0.4) is 0 Å². The number of nitrogens with one attached hydrogen (secondary N) is 1. The van der Waals surface area contributed by atoms with Gasteiger partial charge in [-0.25, -0.2) is 0 Å². The normalized spacial score (nSPS) is 14.7. The number of likely N-dealkylation sites (N-methyl/N-ethyl adjacent to an activating group) is 1. The molecule has 1 saturated heterocycles. The van der Waals surface area contributed by atoms with Crippen molar-refractivity contribution in [3.8, 4) is 5.75 Å². The number of nitrogens with zero attached hydrogens (tertiary/aromatic N) is 2. The van der Waals surface area contributed by atoms with Crippen LogP contribution >= 0.6 is 11.8 Å². The first-order valence-electron chi connectivity index (χ1n) is 9.82. The van der Waals surface area contributed by atoms with Crippen LogP contribution in [0.1, 0.15) is 13.3 Å². The minimum absolute atomic E-state index is 0.0562. The molecule has 0 unspecified atom stereocenters. The molecule has 1 aliphatic rings. The van der Waals surface area contributed by atoms with Crippen LogP contribution in [0.4, 0.5) is 11.4 Å². The maximum Gasteiger partial charge on any atom is 0.225 e. The molecular weight excluding hydrogens is 370 g/mol. The van der Waals surface area contributed by atoms with Gasteiger partial charge in [0.15, 0.2) is 0 Å². The highest BCUT2D eigenvalue weighted by Gasteiger charge is 2.18. The second-order valence-electron chi connectivity index (χ2n) is 6.76. The molecule has 1 amide bonds. The lowest BCUT2D eigenvalue weighted by Gasteiger charge is -2.36. The Bertz CT molecular complexity index is 759. The summed E-state index contributed by atoms with van der Waals surface area (Å²) in [5.41, 5.74) is 2.03. The molecule has 1 fully saturated rings. The van der Waals surface area contributed by atoms with Crippen LogP contribution in [0.5, 0.6) is 5.75 Å². The number of para-hydroxylation sites is 2. The van der Waals surface area contributed by atoms with Crippen molar-refractivity contribution in [1.82, 2.24) is 4.90 Å². The summed E-state index contributed by atoms with van der Waals surface area (Å²) in [6, 6.07) is 16.0. The highest BCUT2D eigenvalue weighted by atomic mass is 32.2. The van der Waals surface area contributed by atoms with Gasteiger partial charge in [-0.1, -0.05) is 19.1 Å². The molecule has 150 valence electrons. The highest BCUT2D eigenvalue weighted by molar-refractivity contribution is 7.99. The van der Waals surface area contributed by atoms with Crippen molar-refractivity contribution in [2.24, 2.45) is 0 Å². The van der Waals surface area contributed by atoms with Crippen molar-refractivity contribution in [1.29, 1.82) is 0 Å². The second-order valence-corrected chi connectivity index (χ2v) is 7.93. The van der Waals surface area contributed by atoms with E-state index in [-0.39, 0.29) is 5.91 Å². The first kappa shape index (κ1) is 20.6. The van der Waals surface area contributed by atoms with E-state index < -0.39 is 0 Å². The number of carbonyl (C=O) groups is 1. The van der Waals surface area contributed by atoms with Gasteiger partial charge in [0.25, 0.3) is 0 Å². The number of benzene rings is 2. The number of amides is 1. The van der Waals surface area contributed by atoms with Gasteiger partial charge in [-0.3, -0.25) is 4.79 Å². The minimum Gasteiger partial charge on any atom is -0.497 e. The molecule has 0 aliphatic carbocycles. The molecule has 0 aromatic heterocycles. The monoisotopic (exact) mass is 399 g/mol. The zero-order valence-electron chi connectivity index (χ0n) is 16.7. The smallest absolute Gasteiger partial charge is 0.225 e. The first-order chi connectivity index (χ1) is 13.7. The van der Waals surface area contributed by atoms with Crippen molar-refractivity contribution < 1.29 is 9.53 Å². The number of anilines is 2. The highest BCUT2D eigenvalue weighted by Crippen LogP contribution is 2.27.